The van der Waals surface area contributed by atoms with Crippen LogP contribution in [0.15, 0.2) is 213 Å². The molecule has 0 saturated heterocycles. The molecule has 10 aromatic rings. The molecular formula is C62H50IrN3. The summed E-state index contributed by atoms with van der Waals surface area (Å²) in [6.07, 6.45) is 5.70. The van der Waals surface area contributed by atoms with Crippen LogP contribution in [-0.2, 0) is 20.1 Å². The van der Waals surface area contributed by atoms with Crippen LogP contribution in [0.4, 0.5) is 0 Å². The average Bonchev–Trinajstić information content (AvgIpc) is 3.36. The molecule has 0 aliphatic rings. The maximum Gasteiger partial charge on any atom is 3.00 e. The number of benzene rings is 7. The van der Waals surface area contributed by atoms with Crippen molar-refractivity contribution in [3.05, 3.63) is 259 Å². The van der Waals surface area contributed by atoms with Crippen molar-refractivity contribution in [2.45, 2.75) is 34.6 Å². The van der Waals surface area contributed by atoms with Gasteiger partial charge in [0, 0.05) is 18.6 Å². The van der Waals surface area contributed by atoms with Gasteiger partial charge in [-0.25, -0.2) is 0 Å². The molecule has 0 saturated carbocycles. The quantitative estimate of drug-likeness (QED) is 0.149. The molecule has 0 fully saturated rings. The van der Waals surface area contributed by atoms with E-state index in [-0.39, 0.29) is 20.1 Å². The molecule has 0 aliphatic heterocycles. The smallest absolute Gasteiger partial charge is 0.304 e. The van der Waals surface area contributed by atoms with Crippen molar-refractivity contribution in [3.63, 3.8) is 0 Å². The van der Waals surface area contributed by atoms with Gasteiger partial charge in [0.25, 0.3) is 0 Å². The molecule has 10 rings (SSSR count). The minimum Gasteiger partial charge on any atom is -0.304 e. The molecule has 3 nitrogen and oxygen atoms in total. The molecular weight excluding hydrogens is 979 g/mol. The van der Waals surface area contributed by atoms with Gasteiger partial charge in [0.15, 0.2) is 0 Å². The van der Waals surface area contributed by atoms with Crippen LogP contribution in [-0.4, -0.2) is 15.0 Å². The van der Waals surface area contributed by atoms with Crippen molar-refractivity contribution in [2.75, 3.05) is 0 Å². The monoisotopic (exact) mass is 1030 g/mol. The predicted molar refractivity (Wildman–Crippen MR) is 271 cm³/mol. The zero-order valence-electron chi connectivity index (χ0n) is 37.9. The van der Waals surface area contributed by atoms with Gasteiger partial charge in [0.2, 0.25) is 0 Å². The van der Waals surface area contributed by atoms with Crippen LogP contribution in [0.5, 0.6) is 0 Å². The van der Waals surface area contributed by atoms with E-state index >= 15 is 0 Å². The fraction of sp³-hybridized carbons (Fsp3) is 0.0806. The van der Waals surface area contributed by atoms with E-state index in [4.69, 9.17) is 0 Å². The Morgan fingerprint density at radius 2 is 0.818 bits per heavy atom. The first-order valence-corrected chi connectivity index (χ1v) is 21.9. The minimum absolute atomic E-state index is 0. The molecule has 0 unspecified atom stereocenters. The van der Waals surface area contributed by atoms with Gasteiger partial charge >= 0.3 is 20.1 Å². The number of nitrogens with zero attached hydrogens (tertiary/aromatic N) is 3. The van der Waals surface area contributed by atoms with E-state index in [1.165, 1.54) is 61.2 Å². The maximum atomic E-state index is 4.60. The van der Waals surface area contributed by atoms with E-state index in [0.29, 0.717) is 0 Å². The zero-order chi connectivity index (χ0) is 45.0. The van der Waals surface area contributed by atoms with Crippen LogP contribution in [0.2, 0.25) is 0 Å². The Balaban J connectivity index is 0.000000155. The second kappa shape index (κ2) is 22.5. The van der Waals surface area contributed by atoms with Crippen molar-refractivity contribution < 1.29 is 20.1 Å². The average molecular weight is 1030 g/mol. The predicted octanol–water partition coefficient (Wildman–Crippen LogP) is 15.9. The van der Waals surface area contributed by atoms with Crippen LogP contribution >= 0.6 is 0 Å². The number of hydrogen-bond donors (Lipinski definition) is 0. The van der Waals surface area contributed by atoms with E-state index in [9.17, 15) is 0 Å². The fourth-order valence-corrected chi connectivity index (χ4v) is 7.55. The molecule has 0 amide bonds. The Kier molecular flexibility index (Phi) is 15.9. The molecule has 4 heteroatoms. The van der Waals surface area contributed by atoms with E-state index in [1.807, 2.05) is 98.3 Å². The number of hydrogen-bond acceptors (Lipinski definition) is 3. The largest absolute Gasteiger partial charge is 3.00 e. The normalized spacial score (nSPS) is 10.4. The summed E-state index contributed by atoms with van der Waals surface area (Å²) in [6.45, 7) is 10.5. The van der Waals surface area contributed by atoms with Gasteiger partial charge in [-0.1, -0.05) is 169 Å². The van der Waals surface area contributed by atoms with E-state index in [2.05, 4.69) is 182 Å². The molecule has 0 spiro atoms. The minimum atomic E-state index is 0. The summed E-state index contributed by atoms with van der Waals surface area (Å²) in [7, 11) is 0. The van der Waals surface area contributed by atoms with Crippen LogP contribution in [0.25, 0.3) is 78.3 Å². The Labute approximate surface area is 404 Å². The maximum absolute atomic E-state index is 4.60. The first-order valence-electron chi connectivity index (χ1n) is 21.9. The fourth-order valence-electron chi connectivity index (χ4n) is 7.55. The molecule has 0 radical (unpaired) electrons. The third kappa shape index (κ3) is 12.0. The second-order valence-electron chi connectivity index (χ2n) is 16.2. The van der Waals surface area contributed by atoms with Gasteiger partial charge in [-0.05, 0) is 89.3 Å². The molecule has 66 heavy (non-hydrogen) atoms. The molecule has 3 heterocycles. The summed E-state index contributed by atoms with van der Waals surface area (Å²) in [6, 6.07) is 76.7. The summed E-state index contributed by atoms with van der Waals surface area (Å²) in [4.78, 5) is 13.5. The molecule has 3 aromatic heterocycles. The summed E-state index contributed by atoms with van der Waals surface area (Å²) in [5, 5.41) is 0. The van der Waals surface area contributed by atoms with E-state index in [1.54, 1.807) is 0 Å². The van der Waals surface area contributed by atoms with Crippen molar-refractivity contribution in [1.82, 2.24) is 15.0 Å². The third-order valence-electron chi connectivity index (χ3n) is 11.2. The first kappa shape index (κ1) is 46.6. The van der Waals surface area contributed by atoms with E-state index < -0.39 is 0 Å². The Bertz CT molecular complexity index is 2980. The third-order valence-corrected chi connectivity index (χ3v) is 11.2. The van der Waals surface area contributed by atoms with Crippen molar-refractivity contribution in [3.8, 4) is 78.3 Å². The Hall–Kier alpha value is -7.36. The Morgan fingerprint density at radius 3 is 1.35 bits per heavy atom. The van der Waals surface area contributed by atoms with Crippen LogP contribution < -0.4 is 0 Å². The number of aromatic nitrogens is 3. The molecule has 0 aliphatic carbocycles. The first-order chi connectivity index (χ1) is 31.8. The Morgan fingerprint density at radius 1 is 0.318 bits per heavy atom. The summed E-state index contributed by atoms with van der Waals surface area (Å²) < 4.78 is 0. The van der Waals surface area contributed by atoms with Crippen LogP contribution in [0.3, 0.4) is 0 Å². The van der Waals surface area contributed by atoms with E-state index in [0.717, 1.165) is 44.9 Å². The van der Waals surface area contributed by atoms with Crippen LogP contribution in [0, 0.1) is 52.8 Å². The number of pyridine rings is 3. The van der Waals surface area contributed by atoms with Crippen molar-refractivity contribution in [1.29, 1.82) is 0 Å². The van der Waals surface area contributed by atoms with Gasteiger partial charge in [0.05, 0.1) is 0 Å². The van der Waals surface area contributed by atoms with Gasteiger partial charge in [-0.2, -0.15) is 0 Å². The molecule has 0 atom stereocenters. The zero-order valence-corrected chi connectivity index (χ0v) is 40.3. The second-order valence-corrected chi connectivity index (χ2v) is 16.2. The molecule has 0 bridgehead atoms. The van der Waals surface area contributed by atoms with Gasteiger partial charge in [0.1, 0.15) is 0 Å². The standard InChI is InChI=1S/C27H24N.C23H16N.C12H10N.Ir/c1-18-5-13-25(21(4)15-18)22-9-11-23(12-10-22)26-16-24(8-7-20(26)3)27-14-6-19(2)17-28-27;1-3-7-18(8-4-1)20-11-13-21(14-12-20)23-16-15-22(17-24-23)19-9-5-2-6-10-19;1-10-7-8-12(13-9-10)11-5-3-2-4-6-11;/h5-7,9-17H,1-4H3;1-13,15-17H;2-5,7-9H,1H3;/q3*-1;+3. The SMILES string of the molecule is Cc1ccc(-c2[c-]cc(C)c(-c3ccc(-c4ccc(C)cc4C)cc3)c2)nc1.Cc1ccc(-c2[c-]cccc2)nc1.[Ir+3].[c-]1cc(-c2ccccc2)ccc1-c1ccc(-c2ccccc2)cn1. The summed E-state index contributed by atoms with van der Waals surface area (Å²) in [5.74, 6) is 0. The van der Waals surface area contributed by atoms with Gasteiger partial charge < -0.3 is 15.0 Å². The summed E-state index contributed by atoms with van der Waals surface area (Å²) >= 11 is 0. The molecule has 322 valence electrons. The molecule has 7 aromatic carbocycles. The molecule has 0 N–H and O–H groups in total. The number of aryl methyl sites for hydroxylation is 5. The van der Waals surface area contributed by atoms with Gasteiger partial charge in [-0.15, -0.1) is 95.1 Å². The number of rotatable bonds is 7. The summed E-state index contributed by atoms with van der Waals surface area (Å²) in [5.41, 5.74) is 21.8. The van der Waals surface area contributed by atoms with Gasteiger partial charge in [-0.3, -0.25) is 0 Å². The topological polar surface area (TPSA) is 38.7 Å². The van der Waals surface area contributed by atoms with Crippen molar-refractivity contribution in [2.24, 2.45) is 0 Å². The van der Waals surface area contributed by atoms with Crippen LogP contribution in [0.1, 0.15) is 27.8 Å². The van der Waals surface area contributed by atoms with Crippen molar-refractivity contribution >= 4 is 0 Å².